The molecule has 2 bridgehead atoms. The molecule has 3 aliphatic carbocycles. The van der Waals surface area contributed by atoms with Crippen LogP contribution in [0.5, 0.6) is 0 Å². The van der Waals surface area contributed by atoms with Crippen LogP contribution in [0, 0.1) is 29.1 Å². The molecule has 0 aliphatic heterocycles. The zero-order valence-electron chi connectivity index (χ0n) is 9.91. The number of hydrogen-bond acceptors (Lipinski definition) is 1. The van der Waals surface area contributed by atoms with Crippen LogP contribution in [0.1, 0.15) is 39.5 Å². The van der Waals surface area contributed by atoms with Gasteiger partial charge in [0.25, 0.3) is 0 Å². The molecule has 3 aliphatic rings. The van der Waals surface area contributed by atoms with Crippen LogP contribution < -0.4 is 0 Å². The highest BCUT2D eigenvalue weighted by Gasteiger charge is 2.55. The Morgan fingerprint density at radius 2 is 2.20 bits per heavy atom. The fraction of sp³-hybridized carbons (Fsp3) is 0.786. The fourth-order valence-electron chi connectivity index (χ4n) is 3.90. The molecule has 0 aromatic heterocycles. The van der Waals surface area contributed by atoms with Gasteiger partial charge in [-0.2, -0.15) is 0 Å². The van der Waals surface area contributed by atoms with Gasteiger partial charge in [0.1, 0.15) is 6.29 Å². The smallest absolute Gasteiger partial charge is 0.123 e. The van der Waals surface area contributed by atoms with E-state index in [1.54, 1.807) is 0 Å². The van der Waals surface area contributed by atoms with Crippen LogP contribution in [0.2, 0.25) is 0 Å². The molecule has 1 nitrogen and oxygen atoms in total. The van der Waals surface area contributed by atoms with Gasteiger partial charge in [-0.15, -0.1) is 6.58 Å². The lowest BCUT2D eigenvalue weighted by atomic mass is 9.44. The van der Waals surface area contributed by atoms with Crippen molar-refractivity contribution in [1.82, 2.24) is 0 Å². The molecule has 4 atom stereocenters. The molecular weight excluding hydrogens is 184 g/mol. The molecule has 0 heterocycles. The zero-order chi connectivity index (χ0) is 11.1. The molecule has 1 heteroatoms. The first-order chi connectivity index (χ1) is 7.11. The van der Waals surface area contributed by atoms with Gasteiger partial charge >= 0.3 is 0 Å². The molecule has 84 valence electrons. The van der Waals surface area contributed by atoms with Crippen molar-refractivity contribution in [1.29, 1.82) is 0 Å². The first-order valence-corrected chi connectivity index (χ1v) is 6.17. The number of fused-ring (bicyclic) bond motifs is 2. The van der Waals surface area contributed by atoms with E-state index in [1.165, 1.54) is 25.5 Å². The molecule has 0 aromatic rings. The highest BCUT2D eigenvalue weighted by atomic mass is 16.1. The number of allylic oxidation sites excluding steroid dienone is 1. The molecule has 0 amide bonds. The Labute approximate surface area is 92.9 Å². The van der Waals surface area contributed by atoms with Crippen LogP contribution in [-0.2, 0) is 4.79 Å². The maximum Gasteiger partial charge on any atom is 0.123 e. The second kappa shape index (κ2) is 3.77. The lowest BCUT2D eigenvalue weighted by Crippen LogP contribution is -2.54. The van der Waals surface area contributed by atoms with E-state index in [1.807, 2.05) is 6.08 Å². The topological polar surface area (TPSA) is 17.1 Å². The summed E-state index contributed by atoms with van der Waals surface area (Å²) in [5, 5.41) is 0. The summed E-state index contributed by atoms with van der Waals surface area (Å²) < 4.78 is 0. The Hall–Kier alpha value is -0.590. The van der Waals surface area contributed by atoms with E-state index in [-0.39, 0.29) is 5.92 Å². The first kappa shape index (κ1) is 10.9. The molecule has 0 radical (unpaired) electrons. The third-order valence-corrected chi connectivity index (χ3v) is 5.08. The van der Waals surface area contributed by atoms with Gasteiger partial charge in [0.15, 0.2) is 0 Å². The average Bonchev–Trinajstić information content (AvgIpc) is 2.25. The van der Waals surface area contributed by atoms with Crippen molar-refractivity contribution in [2.75, 3.05) is 0 Å². The first-order valence-electron chi connectivity index (χ1n) is 6.17. The quantitative estimate of drug-likeness (QED) is 0.508. The second-order valence-corrected chi connectivity index (χ2v) is 5.93. The SMILES string of the molecule is C=CCC(C=O)C1CCC2CC1C2(C)C. The molecule has 3 saturated carbocycles. The van der Waals surface area contributed by atoms with Gasteiger partial charge in [0.05, 0.1) is 0 Å². The Balaban J connectivity index is 2.09. The van der Waals surface area contributed by atoms with E-state index in [2.05, 4.69) is 20.4 Å². The number of aldehydes is 1. The van der Waals surface area contributed by atoms with Crippen molar-refractivity contribution in [3.05, 3.63) is 12.7 Å². The van der Waals surface area contributed by atoms with Gasteiger partial charge in [-0.05, 0) is 48.9 Å². The summed E-state index contributed by atoms with van der Waals surface area (Å²) in [6, 6.07) is 0. The van der Waals surface area contributed by atoms with E-state index < -0.39 is 0 Å². The van der Waals surface area contributed by atoms with Crippen molar-refractivity contribution in [3.8, 4) is 0 Å². The lowest BCUT2D eigenvalue weighted by Gasteiger charge is -2.61. The average molecular weight is 206 g/mol. The predicted molar refractivity (Wildman–Crippen MR) is 62.5 cm³/mol. The Kier molecular flexibility index (Phi) is 2.74. The van der Waals surface area contributed by atoms with Gasteiger partial charge in [-0.1, -0.05) is 19.9 Å². The monoisotopic (exact) mass is 206 g/mol. The van der Waals surface area contributed by atoms with Crippen molar-refractivity contribution in [2.45, 2.75) is 39.5 Å². The number of hydrogen-bond donors (Lipinski definition) is 0. The number of carbonyl (C=O) groups excluding carboxylic acids is 1. The van der Waals surface area contributed by atoms with Crippen LogP contribution in [0.4, 0.5) is 0 Å². The minimum atomic E-state index is 0.230. The summed E-state index contributed by atoms with van der Waals surface area (Å²) in [5.41, 5.74) is 0.491. The summed E-state index contributed by atoms with van der Waals surface area (Å²) in [7, 11) is 0. The molecule has 0 spiro atoms. The molecule has 4 unspecified atom stereocenters. The lowest BCUT2D eigenvalue weighted by molar-refractivity contribution is -0.134. The summed E-state index contributed by atoms with van der Waals surface area (Å²) in [5.74, 6) is 2.56. The number of carbonyl (C=O) groups is 1. The van der Waals surface area contributed by atoms with Crippen LogP contribution >= 0.6 is 0 Å². The van der Waals surface area contributed by atoms with Gasteiger partial charge < -0.3 is 4.79 Å². The molecule has 15 heavy (non-hydrogen) atoms. The third kappa shape index (κ3) is 1.56. The van der Waals surface area contributed by atoms with E-state index in [0.717, 1.165) is 18.3 Å². The summed E-state index contributed by atoms with van der Waals surface area (Å²) in [4.78, 5) is 11.1. The summed E-state index contributed by atoms with van der Waals surface area (Å²) >= 11 is 0. The minimum absolute atomic E-state index is 0.230. The highest BCUT2D eigenvalue weighted by molar-refractivity contribution is 5.54. The van der Waals surface area contributed by atoms with Crippen molar-refractivity contribution >= 4 is 6.29 Å². The third-order valence-electron chi connectivity index (χ3n) is 5.08. The molecule has 3 rings (SSSR count). The van der Waals surface area contributed by atoms with Crippen LogP contribution in [0.15, 0.2) is 12.7 Å². The predicted octanol–water partition coefficient (Wildman–Crippen LogP) is 3.45. The summed E-state index contributed by atoms with van der Waals surface area (Å²) in [6.45, 7) is 8.52. The molecular formula is C14H22O. The van der Waals surface area contributed by atoms with E-state index >= 15 is 0 Å². The second-order valence-electron chi connectivity index (χ2n) is 5.93. The van der Waals surface area contributed by atoms with Crippen LogP contribution in [-0.4, -0.2) is 6.29 Å². The van der Waals surface area contributed by atoms with Crippen LogP contribution in [0.3, 0.4) is 0 Å². The Morgan fingerprint density at radius 3 is 2.67 bits per heavy atom. The van der Waals surface area contributed by atoms with E-state index in [4.69, 9.17) is 0 Å². The van der Waals surface area contributed by atoms with Gasteiger partial charge in [0.2, 0.25) is 0 Å². The highest BCUT2D eigenvalue weighted by Crippen LogP contribution is 2.62. The largest absolute Gasteiger partial charge is 0.303 e. The van der Waals surface area contributed by atoms with Gasteiger partial charge in [-0.25, -0.2) is 0 Å². The fourth-order valence-corrected chi connectivity index (χ4v) is 3.90. The van der Waals surface area contributed by atoms with Crippen LogP contribution in [0.25, 0.3) is 0 Å². The molecule has 0 aromatic carbocycles. The maximum atomic E-state index is 11.1. The summed E-state index contributed by atoms with van der Waals surface area (Å²) in [6.07, 6.45) is 7.88. The Morgan fingerprint density at radius 1 is 1.47 bits per heavy atom. The van der Waals surface area contributed by atoms with Gasteiger partial charge in [0, 0.05) is 5.92 Å². The molecule has 0 N–H and O–H groups in total. The zero-order valence-corrected chi connectivity index (χ0v) is 9.91. The van der Waals surface area contributed by atoms with Crippen molar-refractivity contribution in [2.24, 2.45) is 29.1 Å². The Bertz CT molecular complexity index is 265. The molecule has 0 saturated heterocycles. The van der Waals surface area contributed by atoms with Crippen molar-refractivity contribution in [3.63, 3.8) is 0 Å². The number of rotatable bonds is 4. The normalized spacial score (nSPS) is 38.9. The van der Waals surface area contributed by atoms with E-state index in [9.17, 15) is 4.79 Å². The standard InChI is InChI=1S/C14H22O/c1-4-5-10(9-15)12-7-6-11-8-13(12)14(11,2)3/h4,9-13H,1,5-8H2,2-3H3. The van der Waals surface area contributed by atoms with Crippen molar-refractivity contribution < 1.29 is 4.79 Å². The maximum absolute atomic E-state index is 11.1. The minimum Gasteiger partial charge on any atom is -0.303 e. The van der Waals surface area contributed by atoms with Gasteiger partial charge in [-0.3, -0.25) is 0 Å². The molecule has 3 fully saturated rings. The van der Waals surface area contributed by atoms with E-state index in [0.29, 0.717) is 11.3 Å².